The molecule has 0 saturated carbocycles. The molecule has 0 bridgehead atoms. The largest absolute Gasteiger partial charge is 0.396 e. The molecular weight excluding hydrogens is 210 g/mol. The lowest BCUT2D eigenvalue weighted by Crippen LogP contribution is -2.11. The van der Waals surface area contributed by atoms with Crippen LogP contribution in [0.1, 0.15) is 18.9 Å². The van der Waals surface area contributed by atoms with Crippen molar-refractivity contribution in [1.29, 1.82) is 0 Å². The molecule has 4 N–H and O–H groups in total. The highest BCUT2D eigenvalue weighted by atomic mass is 32.2. The zero-order valence-electron chi connectivity index (χ0n) is 8.81. The van der Waals surface area contributed by atoms with Crippen LogP contribution in [0.15, 0.2) is 18.3 Å². The summed E-state index contributed by atoms with van der Waals surface area (Å²) in [6.45, 7) is 2.34. The Morgan fingerprint density at radius 1 is 1.67 bits per heavy atom. The monoisotopic (exact) mass is 227 g/mol. The van der Waals surface area contributed by atoms with Crippen molar-refractivity contribution < 1.29 is 5.11 Å². The molecule has 4 nitrogen and oxygen atoms in total. The first kappa shape index (κ1) is 12.3. The summed E-state index contributed by atoms with van der Waals surface area (Å²) in [6, 6.07) is 3.90. The number of hydrogen-bond donors (Lipinski definition) is 3. The van der Waals surface area contributed by atoms with Crippen LogP contribution in [-0.4, -0.2) is 21.9 Å². The molecule has 0 aliphatic rings. The number of aliphatic hydroxyl groups is 1. The maximum atomic E-state index is 8.78. The van der Waals surface area contributed by atoms with E-state index in [4.69, 9.17) is 10.9 Å². The zero-order chi connectivity index (χ0) is 11.1. The first-order chi connectivity index (χ1) is 7.27. The van der Waals surface area contributed by atoms with Crippen LogP contribution in [0.5, 0.6) is 0 Å². The molecule has 0 saturated heterocycles. The number of hydrazine groups is 1. The van der Waals surface area contributed by atoms with Crippen molar-refractivity contribution in [3.63, 3.8) is 0 Å². The zero-order valence-corrected chi connectivity index (χ0v) is 9.63. The minimum atomic E-state index is 0.239. The highest BCUT2D eigenvalue weighted by Crippen LogP contribution is 2.22. The van der Waals surface area contributed by atoms with Crippen LogP contribution >= 0.6 is 11.8 Å². The van der Waals surface area contributed by atoms with E-state index in [2.05, 4.69) is 17.3 Å². The van der Waals surface area contributed by atoms with Gasteiger partial charge in [0, 0.05) is 29.4 Å². The lowest BCUT2D eigenvalue weighted by Gasteiger charge is -2.11. The molecule has 1 rings (SSSR count). The van der Waals surface area contributed by atoms with Crippen molar-refractivity contribution in [3.8, 4) is 0 Å². The van der Waals surface area contributed by atoms with Gasteiger partial charge in [0.1, 0.15) is 5.82 Å². The highest BCUT2D eigenvalue weighted by Gasteiger charge is 2.05. The van der Waals surface area contributed by atoms with Gasteiger partial charge in [-0.1, -0.05) is 13.0 Å². The van der Waals surface area contributed by atoms with Crippen LogP contribution < -0.4 is 11.3 Å². The molecule has 1 aromatic heterocycles. The number of nitrogens with zero attached hydrogens (tertiary/aromatic N) is 1. The second-order valence-corrected chi connectivity index (χ2v) is 4.72. The third-order valence-corrected chi connectivity index (χ3v) is 3.37. The van der Waals surface area contributed by atoms with Crippen LogP contribution in [0.3, 0.4) is 0 Å². The number of aliphatic hydroxyl groups excluding tert-OH is 1. The average molecular weight is 227 g/mol. The van der Waals surface area contributed by atoms with E-state index < -0.39 is 0 Å². The van der Waals surface area contributed by atoms with Crippen molar-refractivity contribution in [2.75, 3.05) is 12.0 Å². The molecule has 0 aromatic carbocycles. The first-order valence-corrected chi connectivity index (χ1v) is 5.95. The van der Waals surface area contributed by atoms with Gasteiger partial charge in [-0.25, -0.2) is 10.8 Å². The van der Waals surface area contributed by atoms with Gasteiger partial charge in [0.05, 0.1) is 0 Å². The van der Waals surface area contributed by atoms with Crippen molar-refractivity contribution in [1.82, 2.24) is 4.98 Å². The van der Waals surface area contributed by atoms with E-state index in [1.807, 2.05) is 12.1 Å². The summed E-state index contributed by atoms with van der Waals surface area (Å²) >= 11 is 1.79. The lowest BCUT2D eigenvalue weighted by molar-refractivity contribution is 0.289. The summed E-state index contributed by atoms with van der Waals surface area (Å²) in [7, 11) is 0. The van der Waals surface area contributed by atoms with E-state index in [1.165, 1.54) is 0 Å². The normalized spacial score (nSPS) is 12.5. The Balaban J connectivity index is 2.49. The second-order valence-electron chi connectivity index (χ2n) is 3.29. The van der Waals surface area contributed by atoms with Gasteiger partial charge in [0.15, 0.2) is 0 Å². The SMILES string of the molecule is CC(CCO)SCc1cccnc1NN. The summed E-state index contributed by atoms with van der Waals surface area (Å²) < 4.78 is 0. The van der Waals surface area contributed by atoms with E-state index in [0.29, 0.717) is 5.25 Å². The first-order valence-electron chi connectivity index (χ1n) is 4.91. The Morgan fingerprint density at radius 2 is 2.47 bits per heavy atom. The number of pyridine rings is 1. The number of anilines is 1. The van der Waals surface area contributed by atoms with Gasteiger partial charge in [-0.3, -0.25) is 0 Å². The Kier molecular flexibility index (Phi) is 5.45. The Hall–Kier alpha value is -0.780. The molecule has 5 heteroatoms. The number of nitrogens with two attached hydrogens (primary N) is 1. The minimum Gasteiger partial charge on any atom is -0.396 e. The van der Waals surface area contributed by atoms with Gasteiger partial charge in [-0.2, -0.15) is 11.8 Å². The van der Waals surface area contributed by atoms with Crippen molar-refractivity contribution >= 4 is 17.6 Å². The number of nitrogens with one attached hydrogen (secondary N) is 1. The van der Waals surface area contributed by atoms with Crippen LogP contribution in [0.2, 0.25) is 0 Å². The van der Waals surface area contributed by atoms with Gasteiger partial charge < -0.3 is 10.5 Å². The highest BCUT2D eigenvalue weighted by molar-refractivity contribution is 7.99. The maximum absolute atomic E-state index is 8.78. The Labute approximate surface area is 94.3 Å². The van der Waals surface area contributed by atoms with Gasteiger partial charge in [0.25, 0.3) is 0 Å². The third-order valence-electron chi connectivity index (χ3n) is 2.09. The standard InChI is InChI=1S/C10H17N3OS/c1-8(4-6-14)15-7-9-3-2-5-12-10(9)13-11/h2-3,5,8,14H,4,6-7,11H2,1H3,(H,12,13). The fraction of sp³-hybridized carbons (Fsp3) is 0.500. The number of rotatable bonds is 6. The van der Waals surface area contributed by atoms with Gasteiger partial charge in [-0.15, -0.1) is 0 Å². The van der Waals surface area contributed by atoms with E-state index in [1.54, 1.807) is 18.0 Å². The molecule has 1 aromatic rings. The van der Waals surface area contributed by atoms with Crippen molar-refractivity contribution in [2.45, 2.75) is 24.3 Å². The van der Waals surface area contributed by atoms with E-state index in [9.17, 15) is 0 Å². The molecule has 1 heterocycles. The van der Waals surface area contributed by atoms with E-state index in [-0.39, 0.29) is 6.61 Å². The summed E-state index contributed by atoms with van der Waals surface area (Å²) in [4.78, 5) is 4.12. The molecule has 0 spiro atoms. The maximum Gasteiger partial charge on any atom is 0.143 e. The Morgan fingerprint density at radius 3 is 3.13 bits per heavy atom. The molecule has 1 unspecified atom stereocenters. The molecule has 1 atom stereocenters. The smallest absolute Gasteiger partial charge is 0.143 e. The molecule has 0 radical (unpaired) electrons. The summed E-state index contributed by atoms with van der Waals surface area (Å²) in [5, 5.41) is 9.22. The lowest BCUT2D eigenvalue weighted by atomic mass is 10.3. The summed E-state index contributed by atoms with van der Waals surface area (Å²) in [5.41, 5.74) is 3.67. The summed E-state index contributed by atoms with van der Waals surface area (Å²) in [6.07, 6.45) is 2.52. The van der Waals surface area contributed by atoms with Crippen molar-refractivity contribution in [3.05, 3.63) is 23.9 Å². The molecule has 84 valence electrons. The van der Waals surface area contributed by atoms with Crippen LogP contribution in [0.25, 0.3) is 0 Å². The predicted octanol–water partition coefficient (Wildman–Crippen LogP) is 1.37. The minimum absolute atomic E-state index is 0.239. The molecule has 0 fully saturated rings. The van der Waals surface area contributed by atoms with Crippen LogP contribution in [0, 0.1) is 0 Å². The fourth-order valence-electron chi connectivity index (χ4n) is 1.18. The van der Waals surface area contributed by atoms with Gasteiger partial charge in [0.2, 0.25) is 0 Å². The quantitative estimate of drug-likeness (QED) is 0.506. The molecule has 0 amide bonds. The topological polar surface area (TPSA) is 71.2 Å². The van der Waals surface area contributed by atoms with Crippen LogP contribution in [0.4, 0.5) is 5.82 Å². The van der Waals surface area contributed by atoms with E-state index >= 15 is 0 Å². The Bertz CT molecular complexity index is 296. The van der Waals surface area contributed by atoms with Crippen LogP contribution in [-0.2, 0) is 5.75 Å². The van der Waals surface area contributed by atoms with Gasteiger partial charge >= 0.3 is 0 Å². The summed E-state index contributed by atoms with van der Waals surface area (Å²) in [5.74, 6) is 6.93. The molecule has 0 aliphatic carbocycles. The third kappa shape index (κ3) is 4.07. The van der Waals surface area contributed by atoms with E-state index in [0.717, 1.165) is 23.6 Å². The molecule has 0 aliphatic heterocycles. The molecular formula is C10H17N3OS. The second kappa shape index (κ2) is 6.66. The number of thioether (sulfide) groups is 1. The molecule has 15 heavy (non-hydrogen) atoms. The number of nitrogen functional groups attached to an aromatic ring is 1. The average Bonchev–Trinajstić information content (AvgIpc) is 2.27. The van der Waals surface area contributed by atoms with Gasteiger partial charge in [-0.05, 0) is 12.5 Å². The van der Waals surface area contributed by atoms with Crippen molar-refractivity contribution in [2.24, 2.45) is 5.84 Å². The number of hydrogen-bond acceptors (Lipinski definition) is 5. The predicted molar refractivity (Wildman–Crippen MR) is 64.5 cm³/mol. The fourth-order valence-corrected chi connectivity index (χ4v) is 2.15. The number of aromatic nitrogens is 1.